The van der Waals surface area contributed by atoms with Crippen LogP contribution in [0, 0.1) is 6.92 Å². The molecule has 1 aromatic rings. The summed E-state index contributed by atoms with van der Waals surface area (Å²) in [5.74, 6) is -1.05. The lowest BCUT2D eigenvalue weighted by Crippen LogP contribution is -2.33. The molecule has 0 saturated carbocycles. The molecule has 1 rings (SSSR count). The molecule has 1 heterocycles. The van der Waals surface area contributed by atoms with Crippen molar-refractivity contribution in [1.82, 2.24) is 0 Å². The molecule has 0 atom stereocenters. The first-order valence-electron chi connectivity index (χ1n) is 4.90. The highest BCUT2D eigenvalue weighted by Crippen LogP contribution is 2.29. The summed E-state index contributed by atoms with van der Waals surface area (Å²) in [4.78, 5) is 11.0. The molecule has 0 amide bonds. The van der Waals surface area contributed by atoms with E-state index in [1.165, 1.54) is 6.07 Å². The van der Waals surface area contributed by atoms with E-state index in [0.717, 1.165) is 11.3 Å². The first kappa shape index (κ1) is 14.0. The molecule has 0 aliphatic carbocycles. The number of aryl methyl sites for hydroxylation is 1. The fourth-order valence-corrected chi connectivity index (χ4v) is 2.92. The minimum absolute atomic E-state index is 0.150. The summed E-state index contributed by atoms with van der Waals surface area (Å²) in [5, 5.41) is 9.20. The van der Waals surface area contributed by atoms with Crippen LogP contribution in [0.4, 0.5) is 5.00 Å². The number of rotatable bonds is 3. The lowest BCUT2D eigenvalue weighted by atomic mass is 10.3. The first-order chi connectivity index (χ1) is 7.54. The Morgan fingerprint density at radius 2 is 1.94 bits per heavy atom. The van der Waals surface area contributed by atoms with E-state index >= 15 is 0 Å². The van der Waals surface area contributed by atoms with Crippen molar-refractivity contribution in [2.75, 3.05) is 4.72 Å². The number of carbonyl (C=O) groups is 1. The van der Waals surface area contributed by atoms with Crippen molar-refractivity contribution in [2.24, 2.45) is 0 Å². The van der Waals surface area contributed by atoms with Crippen LogP contribution in [0.25, 0.3) is 0 Å². The Kier molecular flexibility index (Phi) is 3.54. The topological polar surface area (TPSA) is 83.5 Å². The molecule has 7 heteroatoms. The SMILES string of the molecule is Cc1cc(NS(=O)(=O)C(C)(C)C)sc1C(=O)O. The predicted octanol–water partition coefficient (Wildman–Crippen LogP) is 2.29. The number of aromatic carboxylic acids is 1. The number of carboxylic acid groups (broad SMARTS) is 1. The van der Waals surface area contributed by atoms with Crippen LogP contribution in [0.3, 0.4) is 0 Å². The molecule has 0 aliphatic rings. The van der Waals surface area contributed by atoms with Crippen LogP contribution in [-0.2, 0) is 10.0 Å². The van der Waals surface area contributed by atoms with E-state index in [4.69, 9.17) is 5.11 Å². The van der Waals surface area contributed by atoms with Gasteiger partial charge in [0.15, 0.2) is 0 Å². The van der Waals surface area contributed by atoms with Crippen molar-refractivity contribution in [1.29, 1.82) is 0 Å². The Hall–Kier alpha value is -1.08. The third-order valence-corrected chi connectivity index (χ3v) is 5.52. The van der Waals surface area contributed by atoms with Crippen molar-refractivity contribution < 1.29 is 18.3 Å². The maximum absolute atomic E-state index is 11.9. The highest BCUT2D eigenvalue weighted by atomic mass is 32.2. The van der Waals surface area contributed by atoms with Gasteiger partial charge < -0.3 is 5.11 Å². The molecule has 1 aromatic heterocycles. The van der Waals surface area contributed by atoms with Crippen molar-refractivity contribution in [2.45, 2.75) is 32.4 Å². The number of hydrogen-bond donors (Lipinski definition) is 2. The van der Waals surface area contributed by atoms with Gasteiger partial charge in [-0.1, -0.05) is 0 Å². The average molecular weight is 277 g/mol. The summed E-state index contributed by atoms with van der Waals surface area (Å²) in [6.45, 7) is 6.37. The van der Waals surface area contributed by atoms with Crippen LogP contribution in [-0.4, -0.2) is 24.2 Å². The first-order valence-corrected chi connectivity index (χ1v) is 7.20. The molecule has 0 radical (unpaired) electrons. The zero-order valence-electron chi connectivity index (χ0n) is 10.1. The summed E-state index contributed by atoms with van der Waals surface area (Å²) >= 11 is 0.921. The maximum Gasteiger partial charge on any atom is 0.346 e. The Bertz CT molecular complexity index is 537. The normalized spacial score (nSPS) is 12.5. The molecule has 0 saturated heterocycles. The minimum atomic E-state index is -3.51. The van der Waals surface area contributed by atoms with Gasteiger partial charge in [-0.2, -0.15) is 0 Å². The number of carboxylic acids is 1. The molecule has 0 bridgehead atoms. The lowest BCUT2D eigenvalue weighted by molar-refractivity contribution is 0.0701. The molecule has 2 N–H and O–H groups in total. The molecule has 0 fully saturated rings. The van der Waals surface area contributed by atoms with Gasteiger partial charge in [0.1, 0.15) is 9.88 Å². The van der Waals surface area contributed by atoms with Crippen LogP contribution < -0.4 is 4.72 Å². The smallest absolute Gasteiger partial charge is 0.346 e. The van der Waals surface area contributed by atoms with E-state index in [9.17, 15) is 13.2 Å². The fourth-order valence-electron chi connectivity index (χ4n) is 1.03. The van der Waals surface area contributed by atoms with E-state index < -0.39 is 20.7 Å². The van der Waals surface area contributed by atoms with Crippen molar-refractivity contribution in [3.8, 4) is 0 Å². The third-order valence-electron chi connectivity index (χ3n) is 2.15. The third kappa shape index (κ3) is 2.98. The Labute approximate surface area is 105 Å². The van der Waals surface area contributed by atoms with Crippen molar-refractivity contribution in [3.05, 3.63) is 16.5 Å². The monoisotopic (exact) mass is 277 g/mol. The number of anilines is 1. The second kappa shape index (κ2) is 4.30. The Balaban J connectivity index is 3.06. The van der Waals surface area contributed by atoms with Gasteiger partial charge in [0.2, 0.25) is 10.0 Å². The van der Waals surface area contributed by atoms with Crippen LogP contribution in [0.15, 0.2) is 6.07 Å². The standard InChI is InChI=1S/C10H15NO4S2/c1-6-5-7(16-8(6)9(12)13)11-17(14,15)10(2,3)4/h5,11H,1-4H3,(H,12,13). The van der Waals surface area contributed by atoms with Gasteiger partial charge in [0, 0.05) is 0 Å². The van der Waals surface area contributed by atoms with Gasteiger partial charge in [-0.25, -0.2) is 13.2 Å². The summed E-state index contributed by atoms with van der Waals surface area (Å²) in [7, 11) is -3.51. The van der Waals surface area contributed by atoms with Crippen LogP contribution >= 0.6 is 11.3 Å². The second-order valence-corrected chi connectivity index (χ2v) is 8.13. The quantitative estimate of drug-likeness (QED) is 0.888. The molecular formula is C10H15NO4S2. The van der Waals surface area contributed by atoms with E-state index in [0.29, 0.717) is 10.6 Å². The van der Waals surface area contributed by atoms with Crippen LogP contribution in [0.5, 0.6) is 0 Å². The molecule has 17 heavy (non-hydrogen) atoms. The van der Waals surface area contributed by atoms with E-state index in [1.54, 1.807) is 27.7 Å². The zero-order valence-corrected chi connectivity index (χ0v) is 11.7. The highest BCUT2D eigenvalue weighted by molar-refractivity contribution is 7.94. The molecule has 0 aliphatic heterocycles. The van der Waals surface area contributed by atoms with Crippen LogP contribution in [0.1, 0.15) is 36.0 Å². The predicted molar refractivity (Wildman–Crippen MR) is 68.3 cm³/mol. The van der Waals surface area contributed by atoms with Gasteiger partial charge in [-0.05, 0) is 39.3 Å². The van der Waals surface area contributed by atoms with Gasteiger partial charge in [0.25, 0.3) is 0 Å². The Morgan fingerprint density at radius 3 is 2.29 bits per heavy atom. The van der Waals surface area contributed by atoms with E-state index in [-0.39, 0.29) is 4.88 Å². The minimum Gasteiger partial charge on any atom is -0.477 e. The maximum atomic E-state index is 11.9. The molecular weight excluding hydrogens is 262 g/mol. The largest absolute Gasteiger partial charge is 0.477 e. The van der Waals surface area contributed by atoms with Gasteiger partial charge in [-0.3, -0.25) is 4.72 Å². The van der Waals surface area contributed by atoms with E-state index in [1.807, 2.05) is 0 Å². The molecule has 0 spiro atoms. The zero-order chi connectivity index (χ0) is 13.4. The molecule has 96 valence electrons. The van der Waals surface area contributed by atoms with Crippen LogP contribution in [0.2, 0.25) is 0 Å². The summed E-state index contributed by atoms with van der Waals surface area (Å²) < 4.78 is 25.2. The number of sulfonamides is 1. The van der Waals surface area contributed by atoms with Crippen molar-refractivity contribution >= 4 is 32.3 Å². The molecule has 0 unspecified atom stereocenters. The number of hydrogen-bond acceptors (Lipinski definition) is 4. The van der Waals surface area contributed by atoms with Gasteiger partial charge in [0.05, 0.1) is 4.75 Å². The summed E-state index contributed by atoms with van der Waals surface area (Å²) in [6.07, 6.45) is 0. The van der Waals surface area contributed by atoms with E-state index in [2.05, 4.69) is 4.72 Å². The Morgan fingerprint density at radius 1 is 1.41 bits per heavy atom. The number of thiophene rings is 1. The summed E-state index contributed by atoms with van der Waals surface area (Å²) in [5.41, 5.74) is 0.550. The van der Waals surface area contributed by atoms with Gasteiger partial charge >= 0.3 is 5.97 Å². The molecule has 0 aromatic carbocycles. The molecule has 5 nitrogen and oxygen atoms in total. The average Bonchev–Trinajstić information content (AvgIpc) is 2.43. The second-order valence-electron chi connectivity index (χ2n) is 4.65. The highest BCUT2D eigenvalue weighted by Gasteiger charge is 2.29. The lowest BCUT2D eigenvalue weighted by Gasteiger charge is -2.19. The summed E-state index contributed by atoms with van der Waals surface area (Å²) in [6, 6.07) is 1.53. The fraction of sp³-hybridized carbons (Fsp3) is 0.500. The van der Waals surface area contributed by atoms with Gasteiger partial charge in [-0.15, -0.1) is 11.3 Å². The number of nitrogens with one attached hydrogen (secondary N) is 1. The van der Waals surface area contributed by atoms with Crippen molar-refractivity contribution in [3.63, 3.8) is 0 Å².